The number of carbonyl (C=O) groups is 1. The van der Waals surface area contributed by atoms with Crippen molar-refractivity contribution in [1.82, 2.24) is 5.01 Å². The molecule has 0 aromatic heterocycles. The van der Waals surface area contributed by atoms with E-state index in [1.807, 2.05) is 0 Å². The molecule has 3 rings (SSSR count). The van der Waals surface area contributed by atoms with Gasteiger partial charge in [-0.1, -0.05) is 23.2 Å². The standard InChI is InChI=1S/C21H19Cl2F2N3O6S/c1-32-15-8-7-13(9-16(15)35(30,31)27-12-5-3-11(24)4-6-12)34-20-18(22)14(10-17(29)33-2)28(26)21(25)19(20)23/h3-9,21,27H,10,26H2,1-2H3. The van der Waals surface area contributed by atoms with Gasteiger partial charge in [0.05, 0.1) is 26.3 Å². The van der Waals surface area contributed by atoms with Crippen molar-refractivity contribution < 1.29 is 36.2 Å². The molecule has 3 N–H and O–H groups in total. The van der Waals surface area contributed by atoms with Gasteiger partial charge in [-0.05, 0) is 36.4 Å². The molecular weight excluding hydrogens is 531 g/mol. The maximum absolute atomic E-state index is 14.7. The second-order valence-electron chi connectivity index (χ2n) is 6.96. The molecule has 1 heterocycles. The number of alkyl halides is 1. The van der Waals surface area contributed by atoms with Gasteiger partial charge in [0.1, 0.15) is 32.3 Å². The molecule has 0 saturated carbocycles. The Kier molecular flexibility index (Phi) is 8.11. The molecule has 0 aliphatic carbocycles. The van der Waals surface area contributed by atoms with Crippen LogP contribution in [0.4, 0.5) is 14.5 Å². The summed E-state index contributed by atoms with van der Waals surface area (Å²) >= 11 is 12.3. The summed E-state index contributed by atoms with van der Waals surface area (Å²) in [5.41, 5.74) is -0.0655. The highest BCUT2D eigenvalue weighted by Gasteiger charge is 2.35. The Morgan fingerprint density at radius 1 is 1.17 bits per heavy atom. The second-order valence-corrected chi connectivity index (χ2v) is 9.40. The van der Waals surface area contributed by atoms with Gasteiger partial charge in [-0.3, -0.25) is 14.5 Å². The van der Waals surface area contributed by atoms with E-state index in [9.17, 15) is 22.0 Å². The second kappa shape index (κ2) is 10.7. The maximum Gasteiger partial charge on any atom is 0.311 e. The molecule has 0 radical (unpaired) electrons. The number of benzene rings is 2. The number of nitrogens with two attached hydrogens (primary N) is 1. The first-order valence-corrected chi connectivity index (χ1v) is 11.9. The van der Waals surface area contributed by atoms with Crippen molar-refractivity contribution in [1.29, 1.82) is 0 Å². The van der Waals surface area contributed by atoms with Crippen LogP contribution in [0.2, 0.25) is 0 Å². The summed E-state index contributed by atoms with van der Waals surface area (Å²) in [6, 6.07) is 8.36. The van der Waals surface area contributed by atoms with E-state index < -0.39 is 39.6 Å². The van der Waals surface area contributed by atoms with Gasteiger partial charge >= 0.3 is 5.97 Å². The number of nitrogens with one attached hydrogen (secondary N) is 1. The van der Waals surface area contributed by atoms with Crippen LogP contribution in [0, 0.1) is 5.82 Å². The molecule has 35 heavy (non-hydrogen) atoms. The number of hydrogen-bond donors (Lipinski definition) is 2. The minimum atomic E-state index is -4.24. The molecular formula is C21H19Cl2F2N3O6S. The third-order valence-corrected chi connectivity index (χ3v) is 6.86. The average molecular weight is 550 g/mol. The molecule has 1 aliphatic heterocycles. The lowest BCUT2D eigenvalue weighted by Gasteiger charge is -2.31. The summed E-state index contributed by atoms with van der Waals surface area (Å²) < 4.78 is 71.5. The molecule has 188 valence electrons. The van der Waals surface area contributed by atoms with Gasteiger partial charge in [-0.25, -0.2) is 23.0 Å². The molecule has 2 aromatic rings. The van der Waals surface area contributed by atoms with Crippen molar-refractivity contribution in [2.45, 2.75) is 17.6 Å². The Bertz CT molecular complexity index is 1300. The summed E-state index contributed by atoms with van der Waals surface area (Å²) in [4.78, 5) is 11.4. The Hall–Kier alpha value is -3.06. The normalized spacial score (nSPS) is 16.3. The lowest BCUT2D eigenvalue weighted by atomic mass is 10.2. The SMILES string of the molecule is COC(=O)CC1=C(Cl)C(Oc2ccc(OC)c(S(=O)(=O)Nc3ccc(F)cc3)c2)=C(Cl)C(F)N1N. The average Bonchev–Trinajstić information content (AvgIpc) is 2.84. The third kappa shape index (κ3) is 5.78. The number of rotatable bonds is 8. The van der Waals surface area contributed by atoms with Crippen molar-refractivity contribution in [3.8, 4) is 11.5 Å². The van der Waals surface area contributed by atoms with E-state index in [1.165, 1.54) is 31.4 Å². The number of allylic oxidation sites excluding steroid dienone is 1. The highest BCUT2D eigenvalue weighted by atomic mass is 35.5. The number of sulfonamides is 1. The van der Waals surface area contributed by atoms with E-state index in [0.717, 1.165) is 25.3 Å². The first-order valence-electron chi connectivity index (χ1n) is 9.66. The quantitative estimate of drug-likeness (QED) is 0.288. The Morgan fingerprint density at radius 2 is 1.83 bits per heavy atom. The first kappa shape index (κ1) is 26.5. The molecule has 2 aromatic carbocycles. The van der Waals surface area contributed by atoms with E-state index >= 15 is 0 Å². The number of esters is 1. The van der Waals surface area contributed by atoms with Crippen LogP contribution in [0.3, 0.4) is 0 Å². The molecule has 9 nitrogen and oxygen atoms in total. The summed E-state index contributed by atoms with van der Waals surface area (Å²) in [5.74, 6) is 3.86. The summed E-state index contributed by atoms with van der Waals surface area (Å²) in [5, 5.41) is -0.248. The summed E-state index contributed by atoms with van der Waals surface area (Å²) in [6.07, 6.45) is -2.58. The minimum Gasteiger partial charge on any atom is -0.495 e. The highest BCUT2D eigenvalue weighted by Crippen LogP contribution is 2.39. The minimum absolute atomic E-state index is 0.0415. The van der Waals surface area contributed by atoms with Gasteiger partial charge in [0, 0.05) is 11.8 Å². The van der Waals surface area contributed by atoms with Crippen molar-refractivity contribution in [3.05, 3.63) is 69.8 Å². The summed E-state index contributed by atoms with van der Waals surface area (Å²) in [7, 11) is -1.85. The number of carbonyl (C=O) groups excluding carboxylic acids is 1. The monoisotopic (exact) mass is 549 g/mol. The fraction of sp³-hybridized carbons (Fsp3) is 0.190. The van der Waals surface area contributed by atoms with Gasteiger partial charge in [-0.15, -0.1) is 0 Å². The summed E-state index contributed by atoms with van der Waals surface area (Å²) in [6.45, 7) is 0. The number of hydrogen-bond acceptors (Lipinski definition) is 8. The zero-order valence-electron chi connectivity index (χ0n) is 18.2. The third-order valence-electron chi connectivity index (χ3n) is 4.72. The van der Waals surface area contributed by atoms with Gasteiger partial charge < -0.3 is 14.2 Å². The Morgan fingerprint density at radius 3 is 2.43 bits per heavy atom. The van der Waals surface area contributed by atoms with Crippen LogP contribution in [0.15, 0.2) is 68.9 Å². The maximum atomic E-state index is 14.7. The van der Waals surface area contributed by atoms with Crippen molar-refractivity contribution in [2.24, 2.45) is 5.84 Å². The lowest BCUT2D eigenvalue weighted by Crippen LogP contribution is -2.42. The predicted molar refractivity (Wildman–Crippen MR) is 124 cm³/mol. The van der Waals surface area contributed by atoms with Crippen LogP contribution < -0.4 is 20.0 Å². The van der Waals surface area contributed by atoms with Crippen molar-refractivity contribution in [3.63, 3.8) is 0 Å². The van der Waals surface area contributed by atoms with Gasteiger partial charge in [-0.2, -0.15) is 0 Å². The number of ether oxygens (including phenoxy) is 3. The molecule has 14 heteroatoms. The van der Waals surface area contributed by atoms with Crippen LogP contribution in [0.5, 0.6) is 11.5 Å². The largest absolute Gasteiger partial charge is 0.495 e. The highest BCUT2D eigenvalue weighted by molar-refractivity contribution is 7.92. The zero-order chi connectivity index (χ0) is 25.9. The van der Waals surface area contributed by atoms with E-state index in [-0.39, 0.29) is 38.6 Å². The van der Waals surface area contributed by atoms with Crippen molar-refractivity contribution in [2.75, 3.05) is 18.9 Å². The molecule has 0 spiro atoms. The van der Waals surface area contributed by atoms with Crippen LogP contribution >= 0.6 is 23.2 Å². The Labute approximate surface area is 209 Å². The topological polar surface area (TPSA) is 120 Å². The van der Waals surface area contributed by atoms with Crippen LogP contribution in [0.1, 0.15) is 6.42 Å². The van der Waals surface area contributed by atoms with E-state index in [1.54, 1.807) is 0 Å². The number of hydrazine groups is 1. The first-order chi connectivity index (χ1) is 16.5. The molecule has 1 unspecified atom stereocenters. The molecule has 0 saturated heterocycles. The fourth-order valence-electron chi connectivity index (χ4n) is 2.96. The van der Waals surface area contributed by atoms with Crippen LogP contribution in [0.25, 0.3) is 0 Å². The van der Waals surface area contributed by atoms with Gasteiger partial charge in [0.25, 0.3) is 10.0 Å². The molecule has 1 aliphatic rings. The molecule has 0 amide bonds. The number of halogens is 4. The number of anilines is 1. The van der Waals surface area contributed by atoms with Gasteiger partial charge in [0.2, 0.25) is 6.30 Å². The molecule has 1 atom stereocenters. The van der Waals surface area contributed by atoms with Crippen molar-refractivity contribution >= 4 is 44.9 Å². The van der Waals surface area contributed by atoms with E-state index in [4.69, 9.17) is 38.5 Å². The fourth-order valence-corrected chi connectivity index (χ4v) is 4.80. The van der Waals surface area contributed by atoms with Crippen LogP contribution in [-0.4, -0.2) is 39.9 Å². The van der Waals surface area contributed by atoms with E-state index in [2.05, 4.69) is 9.46 Å². The predicted octanol–water partition coefficient (Wildman–Crippen LogP) is 3.96. The van der Waals surface area contributed by atoms with E-state index in [0.29, 0.717) is 5.01 Å². The smallest absolute Gasteiger partial charge is 0.311 e. The zero-order valence-corrected chi connectivity index (χ0v) is 20.5. The Balaban J connectivity index is 1.99. The van der Waals surface area contributed by atoms with Crippen LogP contribution in [-0.2, 0) is 19.6 Å². The lowest BCUT2D eigenvalue weighted by molar-refractivity contribution is -0.140. The number of methoxy groups -OCH3 is 2. The molecule has 0 fully saturated rings. The van der Waals surface area contributed by atoms with Gasteiger partial charge in [0.15, 0.2) is 5.76 Å². The molecule has 0 bridgehead atoms. The number of nitrogens with zero attached hydrogens (tertiary/aromatic N) is 1.